The Hall–Kier alpha value is -2.95. The number of hydrogen-bond donors (Lipinski definition) is 6. The summed E-state index contributed by atoms with van der Waals surface area (Å²) < 4.78 is 4.66. The smallest absolute Gasteiger partial charge is 0.324 e. The molecule has 30 heavy (non-hydrogen) atoms. The zero-order chi connectivity index (χ0) is 22.8. The van der Waals surface area contributed by atoms with Crippen molar-refractivity contribution >= 4 is 28.8 Å². The zero-order valence-corrected chi connectivity index (χ0v) is 17.1. The molecule has 1 heterocycles. The van der Waals surface area contributed by atoms with Gasteiger partial charge in [0.1, 0.15) is 24.7 Å². The van der Waals surface area contributed by atoms with Crippen molar-refractivity contribution in [1.82, 2.24) is 4.98 Å². The quantitative estimate of drug-likeness (QED) is 0.311. The van der Waals surface area contributed by atoms with E-state index in [0.717, 1.165) is 16.5 Å². The van der Waals surface area contributed by atoms with E-state index in [2.05, 4.69) is 9.72 Å². The van der Waals surface area contributed by atoms with E-state index in [9.17, 15) is 14.4 Å². The van der Waals surface area contributed by atoms with Gasteiger partial charge in [0.15, 0.2) is 0 Å². The van der Waals surface area contributed by atoms with Crippen LogP contribution in [0, 0.1) is 5.92 Å². The molecule has 1 aromatic heterocycles. The van der Waals surface area contributed by atoms with E-state index in [1.54, 1.807) is 0 Å². The molecule has 3 atom stereocenters. The number of carboxylic acids is 2. The number of aliphatic carboxylic acids is 2. The maximum Gasteiger partial charge on any atom is 0.324 e. The van der Waals surface area contributed by atoms with Crippen LogP contribution in [-0.4, -0.2) is 57.8 Å². The standard InChI is InChI=1S/C11H12N2O2.C9H18N2O4/c12-9(11(14)15)5-7-6-13-10-4-2-1-3-8(7)10;1-5(2)3-6(10)9(14)15-4-7(11)8(12)13/h1-4,6,9,13H,5,12H2,(H,14,15);5-7H,3-4,10-11H2,1-2H3,(H,12,13)/t9-;6-,7-/m00/s1. The second-order valence-electron chi connectivity index (χ2n) is 7.32. The summed E-state index contributed by atoms with van der Waals surface area (Å²) in [6, 6.07) is 5.00. The topological polar surface area (TPSA) is 195 Å². The second-order valence-corrected chi connectivity index (χ2v) is 7.32. The van der Waals surface area contributed by atoms with Crippen LogP contribution in [0.2, 0.25) is 0 Å². The number of fused-ring (bicyclic) bond motifs is 1. The lowest BCUT2D eigenvalue weighted by molar-refractivity contribution is -0.149. The fraction of sp³-hybridized carbons (Fsp3) is 0.450. The largest absolute Gasteiger partial charge is 0.480 e. The summed E-state index contributed by atoms with van der Waals surface area (Å²) in [4.78, 5) is 35.2. The SMILES string of the molecule is CC(C)C[C@H](N)C(=O)OC[C@H](N)C(=O)O.N[C@@H](Cc1c[nH]c2ccccc12)C(=O)O. The molecule has 0 unspecified atom stereocenters. The third kappa shape index (κ3) is 8.19. The number of carboxylic acid groups (broad SMARTS) is 2. The average molecular weight is 422 g/mol. The molecule has 0 aliphatic heterocycles. The molecule has 10 heteroatoms. The first kappa shape index (κ1) is 25.1. The number of ether oxygens (including phenoxy) is 1. The fourth-order valence-corrected chi connectivity index (χ4v) is 2.58. The van der Waals surface area contributed by atoms with Crippen molar-refractivity contribution in [2.45, 2.75) is 44.8 Å². The van der Waals surface area contributed by atoms with Gasteiger partial charge in [0.25, 0.3) is 0 Å². The molecule has 0 saturated heterocycles. The monoisotopic (exact) mass is 422 g/mol. The summed E-state index contributed by atoms with van der Waals surface area (Å²) in [5.74, 6) is -2.51. The Morgan fingerprint density at radius 3 is 2.17 bits per heavy atom. The highest BCUT2D eigenvalue weighted by molar-refractivity contribution is 5.84. The molecule has 166 valence electrons. The molecule has 0 aliphatic rings. The lowest BCUT2D eigenvalue weighted by Gasteiger charge is -2.14. The summed E-state index contributed by atoms with van der Waals surface area (Å²) in [6.07, 6.45) is 2.66. The second kappa shape index (κ2) is 11.9. The minimum absolute atomic E-state index is 0.278. The fourth-order valence-electron chi connectivity index (χ4n) is 2.58. The van der Waals surface area contributed by atoms with Gasteiger partial charge in [0.2, 0.25) is 0 Å². The van der Waals surface area contributed by atoms with Crippen LogP contribution < -0.4 is 17.2 Å². The molecule has 0 amide bonds. The predicted octanol–water partition coefficient (Wildman–Crippen LogP) is 0.437. The highest BCUT2D eigenvalue weighted by Gasteiger charge is 2.19. The van der Waals surface area contributed by atoms with Gasteiger partial charge in [-0.1, -0.05) is 32.0 Å². The highest BCUT2D eigenvalue weighted by Crippen LogP contribution is 2.18. The number of nitrogens with two attached hydrogens (primary N) is 3. The van der Waals surface area contributed by atoms with E-state index in [1.165, 1.54) is 0 Å². The van der Waals surface area contributed by atoms with Gasteiger partial charge < -0.3 is 37.1 Å². The van der Waals surface area contributed by atoms with E-state index in [1.807, 2.05) is 44.3 Å². The van der Waals surface area contributed by atoms with Crippen LogP contribution in [0.4, 0.5) is 0 Å². The molecule has 1 aromatic carbocycles. The number of hydrogen-bond acceptors (Lipinski definition) is 7. The number of rotatable bonds is 9. The van der Waals surface area contributed by atoms with Crippen molar-refractivity contribution in [2.24, 2.45) is 23.1 Å². The number of H-pyrrole nitrogens is 1. The van der Waals surface area contributed by atoms with Crippen LogP contribution in [0.3, 0.4) is 0 Å². The van der Waals surface area contributed by atoms with E-state index in [4.69, 9.17) is 27.4 Å². The van der Waals surface area contributed by atoms with E-state index >= 15 is 0 Å². The minimum atomic E-state index is -1.21. The van der Waals surface area contributed by atoms with E-state index in [-0.39, 0.29) is 12.5 Å². The van der Waals surface area contributed by atoms with E-state index < -0.39 is 36.0 Å². The molecule has 0 radical (unpaired) electrons. The maximum atomic E-state index is 11.2. The Bertz CT molecular complexity index is 851. The normalized spacial score (nSPS) is 13.8. The first-order valence-corrected chi connectivity index (χ1v) is 9.46. The third-order valence-electron chi connectivity index (χ3n) is 4.18. The number of aromatic amines is 1. The van der Waals surface area contributed by atoms with Crippen molar-refractivity contribution in [3.63, 3.8) is 0 Å². The summed E-state index contributed by atoms with van der Waals surface area (Å²) in [7, 11) is 0. The molecule has 0 bridgehead atoms. The molecule has 0 aliphatic carbocycles. The van der Waals surface area contributed by atoms with Crippen LogP contribution in [0.25, 0.3) is 10.9 Å². The van der Waals surface area contributed by atoms with Crippen LogP contribution in [-0.2, 0) is 25.5 Å². The Morgan fingerprint density at radius 2 is 1.60 bits per heavy atom. The molecular weight excluding hydrogens is 392 g/mol. The van der Waals surface area contributed by atoms with Crippen molar-refractivity contribution < 1.29 is 29.3 Å². The number of esters is 1. The Morgan fingerprint density at radius 1 is 1.00 bits per heavy atom. The van der Waals surface area contributed by atoms with Gasteiger partial charge in [-0.05, 0) is 24.0 Å². The van der Waals surface area contributed by atoms with Crippen LogP contribution >= 0.6 is 0 Å². The zero-order valence-electron chi connectivity index (χ0n) is 17.1. The number of nitrogens with one attached hydrogen (secondary N) is 1. The number of benzene rings is 1. The Labute approximate surface area is 174 Å². The van der Waals surface area contributed by atoms with Gasteiger partial charge in [0, 0.05) is 23.5 Å². The summed E-state index contributed by atoms with van der Waals surface area (Å²) in [5, 5.41) is 18.2. The first-order chi connectivity index (χ1) is 14.0. The van der Waals surface area contributed by atoms with Gasteiger partial charge in [-0.3, -0.25) is 14.4 Å². The molecular formula is C20H30N4O6. The first-order valence-electron chi connectivity index (χ1n) is 9.46. The van der Waals surface area contributed by atoms with E-state index in [0.29, 0.717) is 12.8 Å². The van der Waals surface area contributed by atoms with Crippen molar-refractivity contribution in [1.29, 1.82) is 0 Å². The highest BCUT2D eigenvalue weighted by atomic mass is 16.5. The maximum absolute atomic E-state index is 11.2. The summed E-state index contributed by atoms with van der Waals surface area (Å²) >= 11 is 0. The third-order valence-corrected chi connectivity index (χ3v) is 4.18. The average Bonchev–Trinajstić information content (AvgIpc) is 3.08. The van der Waals surface area contributed by atoms with Gasteiger partial charge >= 0.3 is 17.9 Å². The van der Waals surface area contributed by atoms with Crippen LogP contribution in [0.5, 0.6) is 0 Å². The van der Waals surface area contributed by atoms with Crippen molar-refractivity contribution in [2.75, 3.05) is 6.61 Å². The Balaban J connectivity index is 0.000000300. The number of carbonyl (C=O) groups excluding carboxylic acids is 1. The summed E-state index contributed by atoms with van der Waals surface area (Å²) in [5.41, 5.74) is 18.1. The van der Waals surface area contributed by atoms with Gasteiger partial charge in [-0.15, -0.1) is 0 Å². The van der Waals surface area contributed by atoms with Crippen LogP contribution in [0.15, 0.2) is 30.5 Å². The molecule has 0 fully saturated rings. The molecule has 10 nitrogen and oxygen atoms in total. The molecule has 2 rings (SSSR count). The van der Waals surface area contributed by atoms with Gasteiger partial charge in [-0.25, -0.2) is 0 Å². The molecule has 2 aromatic rings. The minimum Gasteiger partial charge on any atom is -0.480 e. The molecule has 0 saturated carbocycles. The van der Waals surface area contributed by atoms with Crippen LogP contribution in [0.1, 0.15) is 25.8 Å². The number of carbonyl (C=O) groups is 3. The van der Waals surface area contributed by atoms with Crippen molar-refractivity contribution in [3.8, 4) is 0 Å². The van der Waals surface area contributed by atoms with Gasteiger partial charge in [0.05, 0.1) is 0 Å². The lowest BCUT2D eigenvalue weighted by Crippen LogP contribution is -2.40. The number of aromatic nitrogens is 1. The molecule has 0 spiro atoms. The summed E-state index contributed by atoms with van der Waals surface area (Å²) in [6.45, 7) is 3.51. The molecule has 9 N–H and O–H groups in total. The predicted molar refractivity (Wildman–Crippen MR) is 112 cm³/mol. The lowest BCUT2D eigenvalue weighted by atomic mass is 10.1. The van der Waals surface area contributed by atoms with Crippen molar-refractivity contribution in [3.05, 3.63) is 36.0 Å². The Kier molecular flexibility index (Phi) is 9.96. The number of para-hydroxylation sites is 1. The van der Waals surface area contributed by atoms with Gasteiger partial charge in [-0.2, -0.15) is 0 Å².